The number of anilines is 1. The van der Waals surface area contributed by atoms with Crippen LogP contribution in [0.1, 0.15) is 12.5 Å². The lowest BCUT2D eigenvalue weighted by atomic mass is 10.3. The summed E-state index contributed by atoms with van der Waals surface area (Å²) in [5.41, 5.74) is 1.18. The molecule has 0 atom stereocenters. The number of pyridine rings is 1. The fourth-order valence-corrected chi connectivity index (χ4v) is 2.78. The van der Waals surface area contributed by atoms with Crippen molar-refractivity contribution in [3.63, 3.8) is 0 Å². The van der Waals surface area contributed by atoms with Gasteiger partial charge < -0.3 is 5.32 Å². The lowest BCUT2D eigenvalue weighted by Gasteiger charge is -2.09. The molecule has 2 rings (SSSR count). The fourth-order valence-electron chi connectivity index (χ4n) is 1.77. The van der Waals surface area contributed by atoms with Gasteiger partial charge in [0.05, 0.1) is 9.82 Å². The van der Waals surface area contributed by atoms with Gasteiger partial charge in [0.25, 0.3) is 5.69 Å². The predicted molar refractivity (Wildman–Crippen MR) is 81.1 cm³/mol. The zero-order chi connectivity index (χ0) is 14.4. The van der Waals surface area contributed by atoms with Gasteiger partial charge in [-0.15, -0.1) is 11.8 Å². The smallest absolute Gasteiger partial charge is 0.282 e. The van der Waals surface area contributed by atoms with E-state index in [0.717, 1.165) is 17.9 Å². The van der Waals surface area contributed by atoms with Crippen LogP contribution in [0.15, 0.2) is 47.5 Å². The molecule has 0 aliphatic rings. The zero-order valence-electron chi connectivity index (χ0n) is 11.1. The molecule has 1 N–H and O–H groups in total. The molecular weight excluding hydrogens is 274 g/mol. The lowest BCUT2D eigenvalue weighted by Crippen LogP contribution is -2.02. The number of nitro benzene ring substituents is 1. The van der Waals surface area contributed by atoms with E-state index in [0.29, 0.717) is 10.6 Å². The fraction of sp³-hybridized carbons (Fsp3) is 0.214. The van der Waals surface area contributed by atoms with Crippen molar-refractivity contribution in [1.82, 2.24) is 4.98 Å². The minimum absolute atomic E-state index is 0.145. The number of aromatic nitrogens is 1. The van der Waals surface area contributed by atoms with Gasteiger partial charge in [-0.3, -0.25) is 10.1 Å². The second-order valence-corrected chi connectivity index (χ2v) is 5.07. The molecule has 0 unspecified atom stereocenters. The topological polar surface area (TPSA) is 68.1 Å². The molecule has 5 nitrogen and oxygen atoms in total. The Morgan fingerprint density at radius 2 is 2.10 bits per heavy atom. The van der Waals surface area contributed by atoms with Crippen molar-refractivity contribution in [2.24, 2.45) is 0 Å². The summed E-state index contributed by atoms with van der Waals surface area (Å²) in [6, 6.07) is 10.6. The van der Waals surface area contributed by atoms with Crippen LogP contribution in [0.25, 0.3) is 0 Å². The molecule has 0 saturated carbocycles. The monoisotopic (exact) mass is 289 g/mol. The second-order valence-electron chi connectivity index (χ2n) is 4.05. The van der Waals surface area contributed by atoms with Gasteiger partial charge in [0, 0.05) is 30.1 Å². The minimum Gasteiger partial charge on any atom is -0.370 e. The largest absolute Gasteiger partial charge is 0.370 e. The average molecular weight is 289 g/mol. The summed E-state index contributed by atoms with van der Waals surface area (Å²) in [6.07, 6.45) is 1.73. The summed E-state index contributed by atoms with van der Waals surface area (Å²) in [4.78, 5) is 15.6. The van der Waals surface area contributed by atoms with Crippen molar-refractivity contribution in [1.29, 1.82) is 0 Å². The van der Waals surface area contributed by atoms with Crippen molar-refractivity contribution in [2.75, 3.05) is 11.9 Å². The van der Waals surface area contributed by atoms with E-state index in [4.69, 9.17) is 0 Å². The molecule has 0 amide bonds. The third-order valence-corrected chi connectivity index (χ3v) is 3.79. The first-order valence-corrected chi connectivity index (χ1v) is 7.25. The SMILES string of the molecule is CCNc1ncccc1CSc1ccccc1[N+](=O)[O-]. The number of nitro groups is 1. The van der Waals surface area contributed by atoms with E-state index in [9.17, 15) is 10.1 Å². The molecule has 0 saturated heterocycles. The van der Waals surface area contributed by atoms with Crippen molar-refractivity contribution in [3.05, 3.63) is 58.3 Å². The minimum atomic E-state index is -0.350. The molecule has 0 aliphatic carbocycles. The third kappa shape index (κ3) is 3.48. The lowest BCUT2D eigenvalue weighted by molar-refractivity contribution is -0.387. The van der Waals surface area contributed by atoms with Gasteiger partial charge in [0.1, 0.15) is 5.82 Å². The van der Waals surface area contributed by atoms with Crippen LogP contribution in [0.3, 0.4) is 0 Å². The molecular formula is C14H15N3O2S. The predicted octanol–water partition coefficient (Wildman–Crippen LogP) is 3.71. The standard InChI is InChI=1S/C14H15N3O2S/c1-2-15-14-11(6-5-9-16-14)10-20-13-8-4-3-7-12(13)17(18)19/h3-9H,2,10H2,1H3,(H,15,16). The Bertz CT molecular complexity index is 604. The number of nitrogens with one attached hydrogen (secondary N) is 1. The Morgan fingerprint density at radius 3 is 2.85 bits per heavy atom. The zero-order valence-corrected chi connectivity index (χ0v) is 11.9. The van der Waals surface area contributed by atoms with Crippen LogP contribution in [-0.4, -0.2) is 16.5 Å². The maximum atomic E-state index is 11.0. The van der Waals surface area contributed by atoms with Gasteiger partial charge in [-0.25, -0.2) is 4.98 Å². The molecule has 20 heavy (non-hydrogen) atoms. The van der Waals surface area contributed by atoms with E-state index < -0.39 is 0 Å². The molecule has 2 aromatic rings. The molecule has 0 fully saturated rings. The van der Waals surface area contributed by atoms with Gasteiger partial charge in [-0.2, -0.15) is 0 Å². The van der Waals surface area contributed by atoms with Crippen molar-refractivity contribution in [2.45, 2.75) is 17.6 Å². The number of hydrogen-bond donors (Lipinski definition) is 1. The van der Waals surface area contributed by atoms with Crippen LogP contribution in [0.4, 0.5) is 11.5 Å². The van der Waals surface area contributed by atoms with E-state index in [1.54, 1.807) is 18.3 Å². The second kappa shape index (κ2) is 6.91. The summed E-state index contributed by atoms with van der Waals surface area (Å²) >= 11 is 1.45. The van der Waals surface area contributed by atoms with Crippen LogP contribution in [0.5, 0.6) is 0 Å². The van der Waals surface area contributed by atoms with E-state index in [1.165, 1.54) is 17.8 Å². The highest BCUT2D eigenvalue weighted by atomic mass is 32.2. The van der Waals surface area contributed by atoms with E-state index in [-0.39, 0.29) is 10.6 Å². The maximum absolute atomic E-state index is 11.0. The normalized spacial score (nSPS) is 10.2. The Labute approximate surface area is 121 Å². The third-order valence-electron chi connectivity index (χ3n) is 2.68. The number of benzene rings is 1. The van der Waals surface area contributed by atoms with E-state index in [1.807, 2.05) is 25.1 Å². The first kappa shape index (κ1) is 14.3. The van der Waals surface area contributed by atoms with Crippen LogP contribution in [0.2, 0.25) is 0 Å². The number of nitrogens with zero attached hydrogens (tertiary/aromatic N) is 2. The van der Waals surface area contributed by atoms with Gasteiger partial charge in [-0.1, -0.05) is 18.2 Å². The van der Waals surface area contributed by atoms with Crippen LogP contribution in [-0.2, 0) is 5.75 Å². The molecule has 0 radical (unpaired) electrons. The van der Waals surface area contributed by atoms with E-state index >= 15 is 0 Å². The first-order chi connectivity index (χ1) is 9.72. The van der Waals surface area contributed by atoms with Crippen LogP contribution >= 0.6 is 11.8 Å². The number of para-hydroxylation sites is 1. The molecule has 0 spiro atoms. The first-order valence-electron chi connectivity index (χ1n) is 6.26. The molecule has 1 aromatic carbocycles. The van der Waals surface area contributed by atoms with Crippen molar-refractivity contribution in [3.8, 4) is 0 Å². The quantitative estimate of drug-likeness (QED) is 0.499. The van der Waals surface area contributed by atoms with Crippen LogP contribution < -0.4 is 5.32 Å². The van der Waals surface area contributed by atoms with Crippen molar-refractivity contribution >= 4 is 23.3 Å². The van der Waals surface area contributed by atoms with Crippen molar-refractivity contribution < 1.29 is 4.92 Å². The molecule has 6 heteroatoms. The Balaban J connectivity index is 2.15. The highest BCUT2D eigenvalue weighted by Gasteiger charge is 2.13. The summed E-state index contributed by atoms with van der Waals surface area (Å²) in [5.74, 6) is 1.47. The summed E-state index contributed by atoms with van der Waals surface area (Å²) in [7, 11) is 0. The summed E-state index contributed by atoms with van der Waals surface area (Å²) < 4.78 is 0. The van der Waals surface area contributed by atoms with Gasteiger partial charge in [0.15, 0.2) is 0 Å². The number of rotatable bonds is 6. The Kier molecular flexibility index (Phi) is 4.95. The maximum Gasteiger partial charge on any atom is 0.282 e. The van der Waals surface area contributed by atoms with Gasteiger partial charge >= 0.3 is 0 Å². The number of thioether (sulfide) groups is 1. The molecule has 0 bridgehead atoms. The van der Waals surface area contributed by atoms with Gasteiger partial charge in [0.2, 0.25) is 0 Å². The summed E-state index contributed by atoms with van der Waals surface area (Å²) in [5, 5.41) is 14.2. The highest BCUT2D eigenvalue weighted by molar-refractivity contribution is 7.98. The molecule has 104 valence electrons. The van der Waals surface area contributed by atoms with E-state index in [2.05, 4.69) is 10.3 Å². The number of hydrogen-bond acceptors (Lipinski definition) is 5. The van der Waals surface area contributed by atoms with Crippen LogP contribution in [0, 0.1) is 10.1 Å². The molecule has 1 heterocycles. The highest BCUT2D eigenvalue weighted by Crippen LogP contribution is 2.32. The Morgan fingerprint density at radius 1 is 1.30 bits per heavy atom. The molecule has 1 aromatic heterocycles. The average Bonchev–Trinajstić information content (AvgIpc) is 2.47. The Hall–Kier alpha value is -2.08. The van der Waals surface area contributed by atoms with Gasteiger partial charge in [-0.05, 0) is 19.1 Å². The summed E-state index contributed by atoms with van der Waals surface area (Å²) in [6.45, 7) is 2.80. The molecule has 0 aliphatic heterocycles.